The van der Waals surface area contributed by atoms with Crippen molar-refractivity contribution in [1.82, 2.24) is 0 Å². The molecule has 0 saturated carbocycles. The van der Waals surface area contributed by atoms with Crippen LogP contribution < -0.4 is 5.73 Å². The first-order valence-corrected chi connectivity index (χ1v) is 0.577. The van der Waals surface area contributed by atoms with Crippen LogP contribution in [0, 0.1) is 0 Å². The molecule has 0 bridgehead atoms. The van der Waals surface area contributed by atoms with Gasteiger partial charge in [-0.15, -0.1) is 0 Å². The van der Waals surface area contributed by atoms with Gasteiger partial charge in [-0.3, -0.25) is 0 Å². The predicted molar refractivity (Wildman–Crippen MR) is 10.1 cm³/mol. The van der Waals surface area contributed by atoms with Gasteiger partial charge in [0.15, 0.2) is 0 Å². The molecule has 0 aliphatic rings. The average Bonchev–Trinajstić information content (AvgIpc) is 1.00. The Hall–Kier alpha value is 1.10. The molecule has 2 N–H and O–H groups in total. The molecule has 0 rings (SSSR count). The molecule has 0 saturated heterocycles. The minimum absolute atomic E-state index is 0. The Balaban J connectivity index is -0.00000000500. The average molecular weight is 151 g/mol. The Morgan fingerprint density at radius 3 is 1.25 bits per heavy atom. The molecule has 23 valence electrons. The van der Waals surface area contributed by atoms with Crippen molar-refractivity contribution in [3.8, 4) is 0 Å². The molecule has 0 atom stereocenters. The maximum absolute atomic E-state index is 4.50. The topological polar surface area (TPSA) is 26.0 Å². The van der Waals surface area contributed by atoms with Gasteiger partial charge in [0.1, 0.15) is 0 Å². The van der Waals surface area contributed by atoms with E-state index in [9.17, 15) is 0 Å². The predicted octanol–water partition coefficient (Wildman–Crippen LogP) is -0.430. The van der Waals surface area contributed by atoms with E-state index in [-0.39, 0.29) is 36.5 Å². The van der Waals surface area contributed by atoms with E-state index in [0.29, 0.717) is 0 Å². The number of hydrogen-bond donors (Lipinski definition) is 1. The molecule has 0 aromatic rings. The van der Waals surface area contributed by atoms with Crippen LogP contribution in [-0.4, -0.2) is 7.05 Å². The summed E-state index contributed by atoms with van der Waals surface area (Å²) in [6.45, 7) is 0. The maximum atomic E-state index is 4.50. The van der Waals surface area contributed by atoms with Crippen molar-refractivity contribution in [3.05, 3.63) is 0 Å². The van der Waals surface area contributed by atoms with Crippen molar-refractivity contribution in [2.75, 3.05) is 7.05 Å². The van der Waals surface area contributed by atoms with Crippen LogP contribution in [0.5, 0.6) is 0 Å². The van der Waals surface area contributed by atoms with Crippen molar-refractivity contribution in [2.45, 2.75) is 0 Å². The van der Waals surface area contributed by atoms with Crippen LogP contribution in [0.25, 0.3) is 0 Å². The third kappa shape index (κ3) is 11.3. The first-order valence-electron chi connectivity index (χ1n) is 0.577. The Morgan fingerprint density at radius 2 is 1.25 bits per heavy atom. The maximum Gasteiger partial charge on any atom is 0 e. The summed E-state index contributed by atoms with van der Waals surface area (Å²) in [5, 5.41) is 0. The minimum Gasteiger partial charge on any atom is -0.333 e. The van der Waals surface area contributed by atoms with Crippen molar-refractivity contribution < 1.29 is 36.5 Å². The van der Waals surface area contributed by atoms with E-state index in [1.54, 1.807) is 0 Å². The van der Waals surface area contributed by atoms with E-state index in [1.165, 1.54) is 7.05 Å². The molecule has 0 fully saturated rings. The van der Waals surface area contributed by atoms with Gasteiger partial charge in [0.2, 0.25) is 0 Å². The zero-order valence-corrected chi connectivity index (χ0v) is 6.81. The fourth-order valence-corrected chi connectivity index (χ4v) is 0. The molecule has 0 aromatic heterocycles. The summed E-state index contributed by atoms with van der Waals surface area (Å²) in [6.07, 6.45) is 0. The molecule has 1 nitrogen and oxygen atoms in total. The first-order chi connectivity index (χ1) is 1.00. The van der Waals surface area contributed by atoms with E-state index in [1.807, 2.05) is 0 Å². The molecule has 4 heavy (non-hydrogen) atoms. The van der Waals surface area contributed by atoms with Crippen molar-refractivity contribution in [1.29, 1.82) is 0 Å². The summed E-state index contributed by atoms with van der Waals surface area (Å²) in [5.74, 6) is 0. The normalized spacial score (nSPS) is 1.50. The third-order valence-electron chi connectivity index (χ3n) is 0. The van der Waals surface area contributed by atoms with E-state index < -0.39 is 0 Å². The van der Waals surface area contributed by atoms with Gasteiger partial charge in [-0.2, -0.15) is 0 Å². The standard InChI is InChI=1S/CH5N.Mn.Zn/c1-2;;/h2H2,1H3;;. The summed E-state index contributed by atoms with van der Waals surface area (Å²) in [5.41, 5.74) is 4.50. The van der Waals surface area contributed by atoms with Gasteiger partial charge >= 0.3 is 0 Å². The van der Waals surface area contributed by atoms with E-state index in [0.717, 1.165) is 0 Å². The Kier molecular flexibility index (Phi) is 158. The summed E-state index contributed by atoms with van der Waals surface area (Å²) in [7, 11) is 1.50. The molecule has 0 spiro atoms. The molecule has 1 radical (unpaired) electrons. The molecule has 0 unspecified atom stereocenters. The van der Waals surface area contributed by atoms with Crippen LogP contribution in [0.2, 0.25) is 0 Å². The summed E-state index contributed by atoms with van der Waals surface area (Å²) in [4.78, 5) is 0. The third-order valence-corrected chi connectivity index (χ3v) is 0. The van der Waals surface area contributed by atoms with Crippen LogP contribution in [0.4, 0.5) is 0 Å². The zero-order chi connectivity index (χ0) is 2.00. The number of rotatable bonds is 0. The largest absolute Gasteiger partial charge is 0.333 e. The van der Waals surface area contributed by atoms with Crippen molar-refractivity contribution in [3.63, 3.8) is 0 Å². The smallest absolute Gasteiger partial charge is 0 e. The van der Waals surface area contributed by atoms with E-state index in [4.69, 9.17) is 0 Å². The van der Waals surface area contributed by atoms with Gasteiger partial charge in [0.25, 0.3) is 0 Å². The van der Waals surface area contributed by atoms with Gasteiger partial charge < -0.3 is 5.73 Å². The molecule has 0 aliphatic heterocycles. The van der Waals surface area contributed by atoms with Gasteiger partial charge in [-0.25, -0.2) is 0 Å². The quantitative estimate of drug-likeness (QED) is 0.467. The first kappa shape index (κ1) is 19.4. The second-order valence-corrected chi connectivity index (χ2v) is 0. The summed E-state index contributed by atoms with van der Waals surface area (Å²) in [6, 6.07) is 0. The minimum atomic E-state index is 0. The number of hydrogen-bond acceptors (Lipinski definition) is 1. The van der Waals surface area contributed by atoms with E-state index >= 15 is 0 Å². The van der Waals surface area contributed by atoms with Crippen LogP contribution in [0.1, 0.15) is 0 Å². The SMILES string of the molecule is CN.[Mn].[Zn]. The van der Waals surface area contributed by atoms with Crippen LogP contribution in [-0.2, 0) is 36.5 Å². The Morgan fingerprint density at radius 1 is 1.25 bits per heavy atom. The van der Waals surface area contributed by atoms with Crippen molar-refractivity contribution >= 4 is 0 Å². The molecule has 3 heteroatoms. The molecule has 0 aromatic carbocycles. The Bertz CT molecular complexity index is 8.00. The van der Waals surface area contributed by atoms with E-state index in [2.05, 4.69) is 5.73 Å². The second kappa shape index (κ2) is 32.5. The molecule has 0 heterocycles. The van der Waals surface area contributed by atoms with Crippen LogP contribution in [0.15, 0.2) is 0 Å². The van der Waals surface area contributed by atoms with Gasteiger partial charge in [0, 0.05) is 36.5 Å². The van der Waals surface area contributed by atoms with Crippen molar-refractivity contribution in [2.24, 2.45) is 5.73 Å². The zero-order valence-electron chi connectivity index (χ0n) is 2.66. The van der Waals surface area contributed by atoms with Crippen LogP contribution in [0.3, 0.4) is 0 Å². The monoisotopic (exact) mass is 150 g/mol. The fourth-order valence-electron chi connectivity index (χ4n) is 0. The Labute approximate surface area is 49.6 Å². The number of nitrogens with two attached hydrogens (primary N) is 1. The molecule has 0 aliphatic carbocycles. The van der Waals surface area contributed by atoms with Gasteiger partial charge in [0.05, 0.1) is 0 Å². The molecule has 0 amide bonds. The van der Waals surface area contributed by atoms with Crippen LogP contribution >= 0.6 is 0 Å². The van der Waals surface area contributed by atoms with Gasteiger partial charge in [-0.05, 0) is 7.05 Å². The van der Waals surface area contributed by atoms with Gasteiger partial charge in [-0.1, -0.05) is 0 Å². The summed E-state index contributed by atoms with van der Waals surface area (Å²) < 4.78 is 0. The molecular weight excluding hydrogens is 146 g/mol. The fraction of sp³-hybridized carbons (Fsp3) is 1.00. The second-order valence-electron chi connectivity index (χ2n) is 0. The molecular formula is CH5MnNZn. The summed E-state index contributed by atoms with van der Waals surface area (Å²) >= 11 is 0.